The van der Waals surface area contributed by atoms with Gasteiger partial charge in [0.2, 0.25) is 5.78 Å². The van der Waals surface area contributed by atoms with Gasteiger partial charge in [0.25, 0.3) is 0 Å². The third kappa shape index (κ3) is 3.40. The Hall–Kier alpha value is -0.180. The van der Waals surface area contributed by atoms with Crippen LogP contribution in [0.2, 0.25) is 0 Å². The molecule has 0 unspecified atom stereocenters. The molecule has 0 saturated heterocycles. The number of rotatable bonds is 4. The SMILES string of the molecule is CCCC(=O)C(=O)CBr. The number of alkyl halides is 1. The first-order valence-electron chi connectivity index (χ1n) is 2.84. The van der Waals surface area contributed by atoms with E-state index >= 15 is 0 Å². The molecule has 0 radical (unpaired) electrons. The number of carbonyl (C=O) groups is 2. The molecule has 0 rings (SSSR count). The minimum absolute atomic E-state index is 0.159. The highest BCUT2D eigenvalue weighted by Gasteiger charge is 2.08. The van der Waals surface area contributed by atoms with Crippen molar-refractivity contribution >= 4 is 27.5 Å². The minimum atomic E-state index is -0.322. The summed E-state index contributed by atoms with van der Waals surface area (Å²) in [5.41, 5.74) is 0. The van der Waals surface area contributed by atoms with Gasteiger partial charge in [-0.3, -0.25) is 9.59 Å². The van der Waals surface area contributed by atoms with Crippen molar-refractivity contribution in [2.45, 2.75) is 19.8 Å². The molecule has 0 bridgehead atoms. The molecule has 0 aliphatic rings. The van der Waals surface area contributed by atoms with E-state index in [1.165, 1.54) is 0 Å². The van der Waals surface area contributed by atoms with Crippen LogP contribution in [0.3, 0.4) is 0 Å². The van der Waals surface area contributed by atoms with E-state index in [9.17, 15) is 9.59 Å². The number of ketones is 2. The molecule has 2 nitrogen and oxygen atoms in total. The molecule has 0 heterocycles. The van der Waals surface area contributed by atoms with Crippen LogP contribution < -0.4 is 0 Å². The van der Waals surface area contributed by atoms with Crippen molar-refractivity contribution in [2.75, 3.05) is 5.33 Å². The molecule has 0 spiro atoms. The summed E-state index contributed by atoms with van der Waals surface area (Å²) < 4.78 is 0. The van der Waals surface area contributed by atoms with Crippen LogP contribution in [-0.2, 0) is 9.59 Å². The lowest BCUT2D eigenvalue weighted by molar-refractivity contribution is -0.135. The van der Waals surface area contributed by atoms with Crippen LogP contribution >= 0.6 is 15.9 Å². The first-order valence-corrected chi connectivity index (χ1v) is 3.96. The van der Waals surface area contributed by atoms with Crippen LogP contribution in [0.15, 0.2) is 0 Å². The summed E-state index contributed by atoms with van der Waals surface area (Å²) in [5, 5.41) is 0.159. The van der Waals surface area contributed by atoms with Crippen LogP contribution in [0.4, 0.5) is 0 Å². The maximum atomic E-state index is 10.6. The van der Waals surface area contributed by atoms with Crippen LogP contribution in [0.1, 0.15) is 19.8 Å². The smallest absolute Gasteiger partial charge is 0.208 e. The lowest BCUT2D eigenvalue weighted by atomic mass is 10.2. The predicted molar refractivity (Wildman–Crippen MR) is 38.7 cm³/mol. The van der Waals surface area contributed by atoms with Crippen molar-refractivity contribution in [2.24, 2.45) is 0 Å². The Morgan fingerprint density at radius 2 is 1.89 bits per heavy atom. The Labute approximate surface area is 62.8 Å². The summed E-state index contributed by atoms with van der Waals surface area (Å²) >= 11 is 2.91. The molecule has 0 aliphatic heterocycles. The first kappa shape index (κ1) is 8.82. The zero-order valence-corrected chi connectivity index (χ0v) is 6.90. The predicted octanol–water partition coefficient (Wildman–Crippen LogP) is 1.32. The van der Waals surface area contributed by atoms with E-state index in [1.54, 1.807) is 0 Å². The quantitative estimate of drug-likeness (QED) is 0.498. The number of carbonyl (C=O) groups excluding carboxylic acids is 2. The summed E-state index contributed by atoms with van der Waals surface area (Å²) in [6.07, 6.45) is 1.13. The van der Waals surface area contributed by atoms with Gasteiger partial charge in [-0.25, -0.2) is 0 Å². The lowest BCUT2D eigenvalue weighted by Gasteiger charge is -1.90. The molecule has 0 aromatic carbocycles. The fraction of sp³-hybridized carbons (Fsp3) is 0.667. The van der Waals surface area contributed by atoms with Crippen molar-refractivity contribution in [3.05, 3.63) is 0 Å². The highest BCUT2D eigenvalue weighted by molar-refractivity contribution is 9.09. The zero-order chi connectivity index (χ0) is 7.28. The van der Waals surface area contributed by atoms with Crippen LogP contribution in [0.5, 0.6) is 0 Å². The second-order valence-electron chi connectivity index (χ2n) is 1.73. The third-order valence-electron chi connectivity index (χ3n) is 0.909. The molecule has 52 valence electrons. The minimum Gasteiger partial charge on any atom is -0.291 e. The van der Waals surface area contributed by atoms with Gasteiger partial charge in [0.15, 0.2) is 5.78 Å². The second kappa shape index (κ2) is 4.68. The van der Waals surface area contributed by atoms with E-state index in [1.807, 2.05) is 6.92 Å². The van der Waals surface area contributed by atoms with Crippen molar-refractivity contribution < 1.29 is 9.59 Å². The van der Waals surface area contributed by atoms with Gasteiger partial charge in [-0.2, -0.15) is 0 Å². The Morgan fingerprint density at radius 3 is 2.22 bits per heavy atom. The van der Waals surface area contributed by atoms with Gasteiger partial charge in [-0.15, -0.1) is 0 Å². The Kier molecular flexibility index (Phi) is 4.58. The van der Waals surface area contributed by atoms with E-state index in [0.29, 0.717) is 6.42 Å². The molecule has 0 amide bonds. The van der Waals surface area contributed by atoms with Gasteiger partial charge in [0, 0.05) is 6.42 Å². The Morgan fingerprint density at radius 1 is 1.33 bits per heavy atom. The van der Waals surface area contributed by atoms with Crippen molar-refractivity contribution in [3.63, 3.8) is 0 Å². The normalized spacial score (nSPS) is 9.11. The highest BCUT2D eigenvalue weighted by Crippen LogP contribution is 1.92. The average molecular weight is 193 g/mol. The van der Waals surface area contributed by atoms with Crippen molar-refractivity contribution in [1.29, 1.82) is 0 Å². The van der Waals surface area contributed by atoms with Gasteiger partial charge in [-0.05, 0) is 6.42 Å². The molecular formula is C6H9BrO2. The topological polar surface area (TPSA) is 34.1 Å². The molecule has 0 saturated carbocycles. The standard InChI is InChI=1S/C6H9BrO2/c1-2-3-5(8)6(9)4-7/h2-4H2,1H3. The van der Waals surface area contributed by atoms with Gasteiger partial charge in [0.05, 0.1) is 5.33 Å². The lowest BCUT2D eigenvalue weighted by Crippen LogP contribution is -2.13. The fourth-order valence-corrected chi connectivity index (χ4v) is 0.754. The highest BCUT2D eigenvalue weighted by atomic mass is 79.9. The van der Waals surface area contributed by atoms with Crippen LogP contribution in [-0.4, -0.2) is 16.9 Å². The molecule has 0 atom stereocenters. The van der Waals surface area contributed by atoms with Crippen LogP contribution in [0, 0.1) is 0 Å². The van der Waals surface area contributed by atoms with Gasteiger partial charge >= 0.3 is 0 Å². The second-order valence-corrected chi connectivity index (χ2v) is 2.29. The van der Waals surface area contributed by atoms with Gasteiger partial charge in [0.1, 0.15) is 0 Å². The summed E-state index contributed by atoms with van der Waals surface area (Å²) in [6.45, 7) is 1.87. The molecule has 0 aromatic heterocycles. The number of halogens is 1. The largest absolute Gasteiger partial charge is 0.291 e. The molecule has 0 aromatic rings. The monoisotopic (exact) mass is 192 g/mol. The van der Waals surface area contributed by atoms with Crippen LogP contribution in [0.25, 0.3) is 0 Å². The molecule has 0 fully saturated rings. The maximum absolute atomic E-state index is 10.6. The number of Topliss-reactive ketones (excluding diaryl/α,β-unsaturated/α-hetero) is 2. The van der Waals surface area contributed by atoms with E-state index < -0.39 is 0 Å². The average Bonchev–Trinajstić information content (AvgIpc) is 1.87. The summed E-state index contributed by atoms with van der Waals surface area (Å²) in [5.74, 6) is -0.591. The molecule has 0 N–H and O–H groups in total. The Balaban J connectivity index is 3.60. The first-order chi connectivity index (χ1) is 4.22. The van der Waals surface area contributed by atoms with Crippen molar-refractivity contribution in [1.82, 2.24) is 0 Å². The molecule has 9 heavy (non-hydrogen) atoms. The van der Waals surface area contributed by atoms with Gasteiger partial charge < -0.3 is 0 Å². The van der Waals surface area contributed by atoms with Crippen molar-refractivity contribution in [3.8, 4) is 0 Å². The van der Waals surface area contributed by atoms with E-state index in [2.05, 4.69) is 15.9 Å². The summed E-state index contributed by atoms with van der Waals surface area (Å²) in [4.78, 5) is 21.1. The summed E-state index contributed by atoms with van der Waals surface area (Å²) in [7, 11) is 0. The van der Waals surface area contributed by atoms with E-state index in [0.717, 1.165) is 6.42 Å². The molecular weight excluding hydrogens is 184 g/mol. The fourth-order valence-electron chi connectivity index (χ4n) is 0.441. The summed E-state index contributed by atoms with van der Waals surface area (Å²) in [6, 6.07) is 0. The number of hydrogen-bond acceptors (Lipinski definition) is 2. The zero-order valence-electron chi connectivity index (χ0n) is 5.32. The Bertz CT molecular complexity index is 120. The van der Waals surface area contributed by atoms with E-state index in [4.69, 9.17) is 0 Å². The third-order valence-corrected chi connectivity index (χ3v) is 1.42. The number of hydrogen-bond donors (Lipinski definition) is 0. The maximum Gasteiger partial charge on any atom is 0.208 e. The molecule has 3 heteroatoms. The molecule has 0 aliphatic carbocycles. The van der Waals surface area contributed by atoms with E-state index in [-0.39, 0.29) is 16.9 Å². The van der Waals surface area contributed by atoms with Gasteiger partial charge in [-0.1, -0.05) is 22.9 Å².